The van der Waals surface area contributed by atoms with Crippen molar-refractivity contribution in [2.24, 2.45) is 5.16 Å². The lowest BCUT2D eigenvalue weighted by molar-refractivity contribution is -0.142. The van der Waals surface area contributed by atoms with Crippen LogP contribution < -0.4 is 0 Å². The van der Waals surface area contributed by atoms with Gasteiger partial charge in [-0.1, -0.05) is 11.2 Å². The molecule has 0 heterocycles. The zero-order valence-electron chi connectivity index (χ0n) is 8.61. The maximum absolute atomic E-state index is 13.0. The summed E-state index contributed by atoms with van der Waals surface area (Å²) in [5, 5.41) is 11.9. The van der Waals surface area contributed by atoms with Crippen LogP contribution in [-0.2, 0) is 9.53 Å². The summed E-state index contributed by atoms with van der Waals surface area (Å²) >= 11 is 0. The molecule has 0 radical (unpaired) electrons. The van der Waals surface area contributed by atoms with Crippen LogP contribution in [0.4, 0.5) is 4.39 Å². The van der Waals surface area contributed by atoms with E-state index in [4.69, 9.17) is 5.21 Å². The monoisotopic (exact) mass is 223 g/mol. The molecule has 0 spiro atoms. The first kappa shape index (κ1) is 10.6. The molecule has 84 valence electrons. The molecule has 1 N–H and O–H groups in total. The number of esters is 1. The quantitative estimate of drug-likeness (QED) is 0.447. The third kappa shape index (κ3) is 1.54. The number of rotatable bonds is 1. The SMILES string of the molecule is COC(=O)C1C/C(=N\O)c2cc(F)ccc21. The highest BCUT2D eigenvalue weighted by molar-refractivity contribution is 6.08. The molecule has 1 atom stereocenters. The lowest BCUT2D eigenvalue weighted by Crippen LogP contribution is -2.11. The van der Waals surface area contributed by atoms with Gasteiger partial charge in [0.15, 0.2) is 0 Å². The first-order valence-electron chi connectivity index (χ1n) is 4.76. The van der Waals surface area contributed by atoms with Gasteiger partial charge in [0, 0.05) is 12.0 Å². The van der Waals surface area contributed by atoms with Gasteiger partial charge in [0.25, 0.3) is 0 Å². The maximum Gasteiger partial charge on any atom is 0.313 e. The second-order valence-electron chi connectivity index (χ2n) is 3.56. The molecule has 16 heavy (non-hydrogen) atoms. The molecule has 0 aromatic heterocycles. The lowest BCUT2D eigenvalue weighted by Gasteiger charge is -2.07. The van der Waals surface area contributed by atoms with Gasteiger partial charge in [0.05, 0.1) is 18.7 Å². The number of hydrogen-bond acceptors (Lipinski definition) is 4. The molecular weight excluding hydrogens is 213 g/mol. The van der Waals surface area contributed by atoms with Gasteiger partial charge in [-0.15, -0.1) is 0 Å². The van der Waals surface area contributed by atoms with Crippen LogP contribution >= 0.6 is 0 Å². The van der Waals surface area contributed by atoms with Crippen molar-refractivity contribution in [2.45, 2.75) is 12.3 Å². The van der Waals surface area contributed by atoms with E-state index in [0.29, 0.717) is 16.8 Å². The fourth-order valence-corrected chi connectivity index (χ4v) is 1.94. The highest BCUT2D eigenvalue weighted by atomic mass is 19.1. The second kappa shape index (κ2) is 3.92. The Morgan fingerprint density at radius 2 is 2.38 bits per heavy atom. The third-order valence-corrected chi connectivity index (χ3v) is 2.71. The van der Waals surface area contributed by atoms with Gasteiger partial charge in [0.2, 0.25) is 0 Å². The van der Waals surface area contributed by atoms with Gasteiger partial charge in [-0.2, -0.15) is 0 Å². The second-order valence-corrected chi connectivity index (χ2v) is 3.56. The summed E-state index contributed by atoms with van der Waals surface area (Å²) in [4.78, 5) is 11.5. The number of nitrogens with zero attached hydrogens (tertiary/aromatic N) is 1. The van der Waals surface area contributed by atoms with E-state index < -0.39 is 17.7 Å². The van der Waals surface area contributed by atoms with Crippen molar-refractivity contribution in [3.63, 3.8) is 0 Å². The van der Waals surface area contributed by atoms with Crippen LogP contribution in [0.15, 0.2) is 23.4 Å². The number of carbonyl (C=O) groups excluding carboxylic acids is 1. The first-order chi connectivity index (χ1) is 7.67. The highest BCUT2D eigenvalue weighted by Crippen LogP contribution is 2.34. The van der Waals surface area contributed by atoms with Crippen molar-refractivity contribution in [2.75, 3.05) is 7.11 Å². The molecule has 0 bridgehead atoms. The Bertz CT molecular complexity index is 470. The normalized spacial score (nSPS) is 20.9. The van der Waals surface area contributed by atoms with E-state index in [9.17, 15) is 9.18 Å². The number of oxime groups is 1. The van der Waals surface area contributed by atoms with Gasteiger partial charge in [0.1, 0.15) is 5.82 Å². The van der Waals surface area contributed by atoms with Gasteiger partial charge in [-0.05, 0) is 17.7 Å². The van der Waals surface area contributed by atoms with Crippen molar-refractivity contribution >= 4 is 11.7 Å². The summed E-state index contributed by atoms with van der Waals surface area (Å²) in [6.45, 7) is 0. The van der Waals surface area contributed by atoms with Crippen molar-refractivity contribution < 1.29 is 19.1 Å². The number of halogens is 1. The fourth-order valence-electron chi connectivity index (χ4n) is 1.94. The largest absolute Gasteiger partial charge is 0.469 e. The minimum Gasteiger partial charge on any atom is -0.469 e. The zero-order valence-corrected chi connectivity index (χ0v) is 8.61. The molecule has 1 aromatic carbocycles. The Labute approximate surface area is 91.3 Å². The minimum atomic E-state index is -0.508. The predicted molar refractivity (Wildman–Crippen MR) is 54.1 cm³/mol. The molecule has 0 aliphatic heterocycles. The predicted octanol–water partition coefficient (Wildman–Crippen LogP) is 1.66. The summed E-state index contributed by atoms with van der Waals surface area (Å²) in [5.74, 6) is -1.34. The van der Waals surface area contributed by atoms with Crippen LogP contribution in [0.2, 0.25) is 0 Å². The van der Waals surface area contributed by atoms with Gasteiger partial charge in [-0.3, -0.25) is 4.79 Å². The van der Waals surface area contributed by atoms with Gasteiger partial charge < -0.3 is 9.94 Å². The molecule has 0 saturated heterocycles. The molecule has 0 fully saturated rings. The van der Waals surface area contributed by atoms with Crippen molar-refractivity contribution in [3.05, 3.63) is 35.1 Å². The van der Waals surface area contributed by atoms with Crippen LogP contribution in [0, 0.1) is 5.82 Å². The van der Waals surface area contributed by atoms with Crippen molar-refractivity contribution in [1.82, 2.24) is 0 Å². The van der Waals surface area contributed by atoms with E-state index in [2.05, 4.69) is 9.89 Å². The Balaban J connectivity index is 2.50. The average molecular weight is 223 g/mol. The van der Waals surface area contributed by atoms with E-state index in [1.54, 1.807) is 0 Å². The number of benzene rings is 1. The number of methoxy groups -OCH3 is 1. The topological polar surface area (TPSA) is 58.9 Å². The Morgan fingerprint density at radius 3 is 3.00 bits per heavy atom. The summed E-state index contributed by atoms with van der Waals surface area (Å²) < 4.78 is 17.7. The Hall–Kier alpha value is -1.91. The summed E-state index contributed by atoms with van der Waals surface area (Å²) in [7, 11) is 1.29. The Kier molecular flexibility index (Phi) is 2.60. The van der Waals surface area contributed by atoms with E-state index in [1.807, 2.05) is 0 Å². The molecule has 1 unspecified atom stereocenters. The lowest BCUT2D eigenvalue weighted by atomic mass is 10.0. The molecular formula is C11H10FNO3. The molecule has 1 aliphatic rings. The summed E-state index contributed by atoms with van der Waals surface area (Å²) in [6, 6.07) is 4.05. The van der Waals surface area contributed by atoms with E-state index in [-0.39, 0.29) is 6.42 Å². The van der Waals surface area contributed by atoms with E-state index >= 15 is 0 Å². The van der Waals surface area contributed by atoms with E-state index in [1.165, 1.54) is 25.3 Å². The zero-order chi connectivity index (χ0) is 11.7. The maximum atomic E-state index is 13.0. The summed E-state index contributed by atoms with van der Waals surface area (Å²) in [6.07, 6.45) is 0.238. The number of carbonyl (C=O) groups is 1. The standard InChI is InChI=1S/C11H10FNO3/c1-16-11(14)9-5-10(13-15)8-4-6(12)2-3-7(8)9/h2-4,9,15H,5H2,1H3/b13-10+. The molecule has 0 amide bonds. The number of hydrogen-bond donors (Lipinski definition) is 1. The van der Waals surface area contributed by atoms with Crippen LogP contribution in [0.1, 0.15) is 23.5 Å². The van der Waals surface area contributed by atoms with Crippen LogP contribution in [0.3, 0.4) is 0 Å². The molecule has 1 aliphatic carbocycles. The van der Waals surface area contributed by atoms with Crippen molar-refractivity contribution in [3.8, 4) is 0 Å². The first-order valence-corrected chi connectivity index (χ1v) is 4.76. The smallest absolute Gasteiger partial charge is 0.313 e. The van der Waals surface area contributed by atoms with Crippen LogP contribution in [0.25, 0.3) is 0 Å². The third-order valence-electron chi connectivity index (χ3n) is 2.71. The molecule has 5 heteroatoms. The van der Waals surface area contributed by atoms with Gasteiger partial charge in [-0.25, -0.2) is 4.39 Å². The van der Waals surface area contributed by atoms with Crippen LogP contribution in [-0.4, -0.2) is 24.0 Å². The molecule has 4 nitrogen and oxygen atoms in total. The molecule has 1 aromatic rings. The Morgan fingerprint density at radius 1 is 1.62 bits per heavy atom. The van der Waals surface area contributed by atoms with Crippen LogP contribution in [0.5, 0.6) is 0 Å². The molecule has 0 saturated carbocycles. The van der Waals surface area contributed by atoms with E-state index in [0.717, 1.165) is 0 Å². The average Bonchev–Trinajstić information content (AvgIpc) is 2.66. The fraction of sp³-hybridized carbons (Fsp3) is 0.273. The highest BCUT2D eigenvalue weighted by Gasteiger charge is 2.34. The number of fused-ring (bicyclic) bond motifs is 1. The van der Waals surface area contributed by atoms with Crippen molar-refractivity contribution in [1.29, 1.82) is 0 Å². The molecule has 2 rings (SSSR count). The van der Waals surface area contributed by atoms with Gasteiger partial charge >= 0.3 is 5.97 Å². The minimum absolute atomic E-state index is 0.238. The number of ether oxygens (including phenoxy) is 1. The summed E-state index contributed by atoms with van der Waals surface area (Å²) in [5.41, 5.74) is 1.42.